The Hall–Kier alpha value is -2.48. The molecule has 0 fully saturated rings. The average Bonchev–Trinajstić information content (AvgIpc) is 2.77. The highest BCUT2D eigenvalue weighted by atomic mass is 35.5. The molecule has 2 aromatic rings. The molecule has 0 saturated heterocycles. The first-order valence-electron chi connectivity index (χ1n) is 10.6. The van der Waals surface area contributed by atoms with Crippen molar-refractivity contribution in [3.05, 3.63) is 59.7 Å². The van der Waals surface area contributed by atoms with E-state index in [-0.39, 0.29) is 12.4 Å². The Morgan fingerprint density at radius 3 is 2.00 bits per heavy atom. The summed E-state index contributed by atoms with van der Waals surface area (Å²) in [7, 11) is 0. The van der Waals surface area contributed by atoms with Crippen LogP contribution in [0, 0.1) is 11.3 Å². The normalized spacial score (nSPS) is 11.0. The standard InChI is InChI=1S/C25H33N3O.ClH/c1-5-27(6-2)17-18-29-25-15-9-21(10-16-25)19-23(20-26)22-11-13-24(14-12-22)28(7-3)8-4;/h9-16,19H,5-8,17-18H2,1-4H3;1H/b23-19+;. The van der Waals surface area contributed by atoms with Crippen molar-refractivity contribution in [2.45, 2.75) is 27.7 Å². The van der Waals surface area contributed by atoms with Crippen LogP contribution >= 0.6 is 12.4 Å². The molecule has 0 spiro atoms. The Balaban J connectivity index is 0.00000450. The van der Waals surface area contributed by atoms with Crippen LogP contribution in [-0.2, 0) is 0 Å². The van der Waals surface area contributed by atoms with Gasteiger partial charge in [-0.25, -0.2) is 0 Å². The molecule has 0 amide bonds. The summed E-state index contributed by atoms with van der Waals surface area (Å²) in [5, 5.41) is 9.62. The van der Waals surface area contributed by atoms with Gasteiger partial charge >= 0.3 is 0 Å². The molecule has 30 heavy (non-hydrogen) atoms. The second kappa shape index (κ2) is 13.7. The van der Waals surface area contributed by atoms with E-state index < -0.39 is 0 Å². The van der Waals surface area contributed by atoms with Gasteiger partial charge in [-0.3, -0.25) is 0 Å². The predicted molar refractivity (Wildman–Crippen MR) is 130 cm³/mol. The molecule has 0 aromatic heterocycles. The monoisotopic (exact) mass is 427 g/mol. The molecule has 2 aromatic carbocycles. The van der Waals surface area contributed by atoms with Crippen molar-refractivity contribution >= 4 is 29.7 Å². The number of anilines is 1. The molecule has 162 valence electrons. The van der Waals surface area contributed by atoms with Gasteiger partial charge in [0.05, 0.1) is 11.6 Å². The van der Waals surface area contributed by atoms with Gasteiger partial charge in [0.25, 0.3) is 0 Å². The molecule has 2 rings (SSSR count). The van der Waals surface area contributed by atoms with Crippen LogP contribution in [0.1, 0.15) is 38.8 Å². The summed E-state index contributed by atoms with van der Waals surface area (Å²) in [6.45, 7) is 14.2. The third-order valence-electron chi connectivity index (χ3n) is 5.19. The van der Waals surface area contributed by atoms with E-state index in [9.17, 15) is 5.26 Å². The number of nitriles is 1. The van der Waals surface area contributed by atoms with Gasteiger partial charge < -0.3 is 14.5 Å². The molecule has 5 heteroatoms. The number of benzene rings is 2. The van der Waals surface area contributed by atoms with Gasteiger partial charge in [0.1, 0.15) is 12.4 Å². The van der Waals surface area contributed by atoms with Gasteiger partial charge in [0, 0.05) is 25.3 Å². The van der Waals surface area contributed by atoms with Crippen LogP contribution in [0.5, 0.6) is 5.75 Å². The number of hydrogen-bond donors (Lipinski definition) is 0. The van der Waals surface area contributed by atoms with Crippen molar-refractivity contribution < 1.29 is 4.74 Å². The maximum atomic E-state index is 9.62. The van der Waals surface area contributed by atoms with E-state index in [2.05, 4.69) is 55.7 Å². The Bertz CT molecular complexity index is 802. The SMILES string of the molecule is CCN(CC)CCOc1ccc(/C=C(\C#N)c2ccc(N(CC)CC)cc2)cc1.Cl. The molecule has 0 aliphatic heterocycles. The Kier molecular flexibility index (Phi) is 11.7. The zero-order valence-corrected chi connectivity index (χ0v) is 19.4. The summed E-state index contributed by atoms with van der Waals surface area (Å²) in [6, 6.07) is 18.5. The summed E-state index contributed by atoms with van der Waals surface area (Å²) >= 11 is 0. The van der Waals surface area contributed by atoms with Gasteiger partial charge in [-0.1, -0.05) is 38.1 Å². The second-order valence-corrected chi connectivity index (χ2v) is 6.83. The highest BCUT2D eigenvalue weighted by Gasteiger charge is 2.05. The van der Waals surface area contributed by atoms with Gasteiger partial charge in [0.15, 0.2) is 0 Å². The lowest BCUT2D eigenvalue weighted by atomic mass is 10.0. The van der Waals surface area contributed by atoms with E-state index in [1.165, 1.54) is 5.69 Å². The maximum absolute atomic E-state index is 9.62. The van der Waals surface area contributed by atoms with Gasteiger partial charge in [-0.05, 0) is 68.4 Å². The molecule has 0 aliphatic rings. The first-order valence-corrected chi connectivity index (χ1v) is 10.6. The molecular weight excluding hydrogens is 394 g/mol. The summed E-state index contributed by atoms with van der Waals surface area (Å²) in [5.74, 6) is 0.858. The minimum atomic E-state index is 0. The van der Waals surface area contributed by atoms with Crippen molar-refractivity contribution in [2.24, 2.45) is 0 Å². The second-order valence-electron chi connectivity index (χ2n) is 6.83. The first kappa shape index (κ1) is 25.6. The number of halogens is 1. The quantitative estimate of drug-likeness (QED) is 0.338. The van der Waals surface area contributed by atoms with Crippen LogP contribution in [0.3, 0.4) is 0 Å². The van der Waals surface area contributed by atoms with E-state index >= 15 is 0 Å². The van der Waals surface area contributed by atoms with E-state index in [4.69, 9.17) is 4.74 Å². The van der Waals surface area contributed by atoms with Crippen molar-refractivity contribution in [1.82, 2.24) is 4.90 Å². The Morgan fingerprint density at radius 1 is 0.900 bits per heavy atom. The van der Waals surface area contributed by atoms with Gasteiger partial charge in [-0.15, -0.1) is 12.4 Å². The van der Waals surface area contributed by atoms with Crippen LogP contribution in [-0.4, -0.2) is 44.2 Å². The maximum Gasteiger partial charge on any atom is 0.119 e. The van der Waals surface area contributed by atoms with E-state index in [0.29, 0.717) is 12.2 Å². The first-order chi connectivity index (χ1) is 14.1. The fourth-order valence-electron chi connectivity index (χ4n) is 3.28. The fourth-order valence-corrected chi connectivity index (χ4v) is 3.28. The number of likely N-dealkylation sites (N-methyl/N-ethyl adjacent to an activating group) is 1. The van der Waals surface area contributed by atoms with Crippen LogP contribution < -0.4 is 9.64 Å². The number of nitrogens with zero attached hydrogens (tertiary/aromatic N) is 3. The van der Waals surface area contributed by atoms with Crippen LogP contribution in [0.4, 0.5) is 5.69 Å². The Labute approximate surface area is 188 Å². The lowest BCUT2D eigenvalue weighted by Crippen LogP contribution is -2.27. The summed E-state index contributed by atoms with van der Waals surface area (Å²) < 4.78 is 5.84. The molecule has 0 aliphatic carbocycles. The van der Waals surface area contributed by atoms with E-state index in [0.717, 1.165) is 49.6 Å². The minimum Gasteiger partial charge on any atom is -0.492 e. The predicted octanol–water partition coefficient (Wildman–Crippen LogP) is 5.74. The number of hydrogen-bond acceptors (Lipinski definition) is 4. The molecular formula is C25H34ClN3O. The molecule has 0 radical (unpaired) electrons. The third kappa shape index (κ3) is 7.40. The van der Waals surface area contributed by atoms with Crippen molar-refractivity contribution in [1.29, 1.82) is 5.26 Å². The van der Waals surface area contributed by atoms with Crippen LogP contribution in [0.2, 0.25) is 0 Å². The Morgan fingerprint density at radius 2 is 1.50 bits per heavy atom. The van der Waals surface area contributed by atoms with Crippen LogP contribution in [0.25, 0.3) is 11.6 Å². The molecule has 0 bridgehead atoms. The van der Waals surface area contributed by atoms with Crippen LogP contribution in [0.15, 0.2) is 48.5 Å². The van der Waals surface area contributed by atoms with Crippen molar-refractivity contribution in [3.8, 4) is 11.8 Å². The number of ether oxygens (including phenoxy) is 1. The number of allylic oxidation sites excluding steroid dienone is 1. The van der Waals surface area contributed by atoms with E-state index in [1.54, 1.807) is 0 Å². The minimum absolute atomic E-state index is 0. The summed E-state index contributed by atoms with van der Waals surface area (Å²) in [6.07, 6.45) is 1.92. The molecule has 0 saturated carbocycles. The van der Waals surface area contributed by atoms with Crippen molar-refractivity contribution in [2.75, 3.05) is 44.2 Å². The summed E-state index contributed by atoms with van der Waals surface area (Å²) in [5.41, 5.74) is 3.77. The fraction of sp³-hybridized carbons (Fsp3) is 0.400. The van der Waals surface area contributed by atoms with E-state index in [1.807, 2.05) is 42.5 Å². The largest absolute Gasteiger partial charge is 0.492 e. The molecule has 4 nitrogen and oxygen atoms in total. The molecule has 0 N–H and O–H groups in total. The molecule has 0 atom stereocenters. The highest BCUT2D eigenvalue weighted by Crippen LogP contribution is 2.22. The topological polar surface area (TPSA) is 39.5 Å². The smallest absolute Gasteiger partial charge is 0.119 e. The van der Waals surface area contributed by atoms with Gasteiger partial charge in [0.2, 0.25) is 0 Å². The lowest BCUT2D eigenvalue weighted by Gasteiger charge is -2.21. The van der Waals surface area contributed by atoms with Crippen molar-refractivity contribution in [3.63, 3.8) is 0 Å². The molecule has 0 heterocycles. The highest BCUT2D eigenvalue weighted by molar-refractivity contribution is 5.89. The molecule has 0 unspecified atom stereocenters. The van der Waals surface area contributed by atoms with Gasteiger partial charge in [-0.2, -0.15) is 5.26 Å². The zero-order valence-electron chi connectivity index (χ0n) is 18.6. The average molecular weight is 428 g/mol. The lowest BCUT2D eigenvalue weighted by molar-refractivity contribution is 0.223. The summed E-state index contributed by atoms with van der Waals surface area (Å²) in [4.78, 5) is 4.63. The third-order valence-corrected chi connectivity index (χ3v) is 5.19. The number of rotatable bonds is 11. The zero-order chi connectivity index (χ0) is 21.1.